The van der Waals surface area contributed by atoms with E-state index in [2.05, 4.69) is 32.0 Å². The molecule has 2 aromatic carbocycles. The summed E-state index contributed by atoms with van der Waals surface area (Å²) in [6, 6.07) is 6.40. The number of thiophene rings is 1. The van der Waals surface area contributed by atoms with Crippen LogP contribution in [0.2, 0.25) is 10.0 Å². The summed E-state index contributed by atoms with van der Waals surface area (Å²) >= 11 is 14.3. The van der Waals surface area contributed by atoms with E-state index in [1.165, 1.54) is 25.7 Å². The predicted molar refractivity (Wildman–Crippen MR) is 83.6 cm³/mol. The molecule has 3 heteroatoms. The lowest BCUT2D eigenvalue weighted by Crippen LogP contribution is -1.81. The summed E-state index contributed by atoms with van der Waals surface area (Å²) in [5.74, 6) is 0. The molecular formula is C15H12Cl2S. The molecule has 0 saturated carbocycles. The van der Waals surface area contributed by atoms with Crippen LogP contribution < -0.4 is 0 Å². The van der Waals surface area contributed by atoms with Crippen molar-refractivity contribution in [2.75, 3.05) is 0 Å². The van der Waals surface area contributed by atoms with Gasteiger partial charge >= 0.3 is 0 Å². The maximum atomic E-state index is 6.33. The lowest BCUT2D eigenvalue weighted by molar-refractivity contribution is 1.44. The van der Waals surface area contributed by atoms with Crippen LogP contribution in [-0.2, 0) is 0 Å². The summed E-state index contributed by atoms with van der Waals surface area (Å²) in [5.41, 5.74) is 3.42. The van der Waals surface area contributed by atoms with E-state index >= 15 is 0 Å². The summed E-state index contributed by atoms with van der Waals surface area (Å²) in [7, 11) is 0. The van der Waals surface area contributed by atoms with Gasteiger partial charge in [0.05, 0.1) is 0 Å². The average Bonchev–Trinajstić information content (AvgIpc) is 2.66. The van der Waals surface area contributed by atoms with Crippen LogP contribution in [0.25, 0.3) is 20.2 Å². The van der Waals surface area contributed by atoms with Gasteiger partial charge in [-0.3, -0.25) is 0 Å². The van der Waals surface area contributed by atoms with E-state index in [9.17, 15) is 0 Å². The SMILES string of the molecule is Cc1cc2c(cc1Cl)sc1c(C)c(Cl)c(C)cc12. The first-order valence-corrected chi connectivity index (χ1v) is 7.34. The van der Waals surface area contributed by atoms with Gasteiger partial charge in [-0.15, -0.1) is 11.3 Å². The summed E-state index contributed by atoms with van der Waals surface area (Å²) in [6.45, 7) is 6.18. The second-order valence-electron chi connectivity index (χ2n) is 4.71. The Labute approximate surface area is 120 Å². The number of rotatable bonds is 0. The molecule has 0 fully saturated rings. The molecule has 0 unspecified atom stereocenters. The van der Waals surface area contributed by atoms with Crippen LogP contribution in [0.4, 0.5) is 0 Å². The first kappa shape index (κ1) is 12.3. The molecule has 0 saturated heterocycles. The predicted octanol–water partition coefficient (Wildman–Crippen LogP) is 6.29. The zero-order valence-electron chi connectivity index (χ0n) is 10.4. The maximum Gasteiger partial charge on any atom is 0.0478 e. The topological polar surface area (TPSA) is 0 Å². The van der Waals surface area contributed by atoms with Crippen molar-refractivity contribution in [2.24, 2.45) is 0 Å². The molecule has 0 N–H and O–H groups in total. The molecule has 0 bridgehead atoms. The molecule has 1 heterocycles. The van der Waals surface area contributed by atoms with Crippen LogP contribution in [0.15, 0.2) is 18.2 Å². The van der Waals surface area contributed by atoms with Crippen LogP contribution in [0, 0.1) is 20.8 Å². The molecule has 0 amide bonds. The number of aryl methyl sites for hydroxylation is 3. The van der Waals surface area contributed by atoms with Crippen LogP contribution in [-0.4, -0.2) is 0 Å². The van der Waals surface area contributed by atoms with Crippen molar-refractivity contribution in [3.05, 3.63) is 44.9 Å². The minimum absolute atomic E-state index is 0.828. The van der Waals surface area contributed by atoms with Gasteiger partial charge in [-0.1, -0.05) is 23.2 Å². The van der Waals surface area contributed by atoms with E-state index in [-0.39, 0.29) is 0 Å². The van der Waals surface area contributed by atoms with Crippen molar-refractivity contribution in [1.29, 1.82) is 0 Å². The highest BCUT2D eigenvalue weighted by Crippen LogP contribution is 2.41. The molecular weight excluding hydrogens is 283 g/mol. The molecule has 0 aliphatic carbocycles. The fourth-order valence-electron chi connectivity index (χ4n) is 2.34. The molecule has 18 heavy (non-hydrogen) atoms. The summed E-state index contributed by atoms with van der Waals surface area (Å²) in [4.78, 5) is 0. The van der Waals surface area contributed by atoms with Crippen molar-refractivity contribution in [2.45, 2.75) is 20.8 Å². The number of benzene rings is 2. The zero-order valence-corrected chi connectivity index (χ0v) is 12.7. The normalized spacial score (nSPS) is 11.6. The van der Waals surface area contributed by atoms with Crippen molar-refractivity contribution in [3.8, 4) is 0 Å². The second-order valence-corrected chi connectivity index (χ2v) is 6.55. The van der Waals surface area contributed by atoms with Crippen molar-refractivity contribution in [1.82, 2.24) is 0 Å². The molecule has 3 aromatic rings. The van der Waals surface area contributed by atoms with Crippen LogP contribution in [0.3, 0.4) is 0 Å². The Morgan fingerprint density at radius 2 is 1.56 bits per heavy atom. The number of fused-ring (bicyclic) bond motifs is 3. The first-order valence-electron chi connectivity index (χ1n) is 5.77. The van der Waals surface area contributed by atoms with E-state index in [0.29, 0.717) is 0 Å². The molecule has 0 radical (unpaired) electrons. The first-order chi connectivity index (χ1) is 8.49. The second kappa shape index (κ2) is 4.12. The number of hydrogen-bond acceptors (Lipinski definition) is 1. The summed E-state index contributed by atoms with van der Waals surface area (Å²) in [5, 5.41) is 4.26. The Morgan fingerprint density at radius 1 is 0.889 bits per heavy atom. The molecule has 3 rings (SSSR count). The molecule has 1 aromatic heterocycles. The zero-order chi connectivity index (χ0) is 13.0. The smallest absolute Gasteiger partial charge is 0.0478 e. The molecule has 0 spiro atoms. The quantitative estimate of drug-likeness (QED) is 0.457. The number of hydrogen-bond donors (Lipinski definition) is 0. The Bertz CT molecular complexity index is 784. The third-order valence-electron chi connectivity index (χ3n) is 3.38. The average molecular weight is 295 g/mol. The van der Waals surface area contributed by atoms with Gasteiger partial charge in [0.15, 0.2) is 0 Å². The Hall–Kier alpha value is -0.760. The summed E-state index contributed by atoms with van der Waals surface area (Å²) in [6.07, 6.45) is 0. The number of halogens is 2. The van der Waals surface area contributed by atoms with Crippen LogP contribution >= 0.6 is 34.5 Å². The van der Waals surface area contributed by atoms with Gasteiger partial charge < -0.3 is 0 Å². The highest BCUT2D eigenvalue weighted by molar-refractivity contribution is 7.26. The summed E-state index contributed by atoms with van der Waals surface area (Å²) < 4.78 is 2.49. The van der Waals surface area contributed by atoms with Crippen LogP contribution in [0.1, 0.15) is 16.7 Å². The molecule has 0 atom stereocenters. The van der Waals surface area contributed by atoms with E-state index in [4.69, 9.17) is 23.2 Å². The largest absolute Gasteiger partial charge is 0.135 e. The fraction of sp³-hybridized carbons (Fsp3) is 0.200. The maximum absolute atomic E-state index is 6.33. The minimum Gasteiger partial charge on any atom is -0.135 e. The standard InChI is InChI=1S/C15H12Cl2S/c1-7-4-10-11-5-8(2)14(17)9(3)15(11)18-13(10)6-12(7)16/h4-6H,1-3H3. The minimum atomic E-state index is 0.828. The van der Waals surface area contributed by atoms with E-state index in [1.54, 1.807) is 11.3 Å². The lowest BCUT2D eigenvalue weighted by Gasteiger charge is -2.04. The fourth-order valence-corrected chi connectivity index (χ4v) is 3.99. The third kappa shape index (κ3) is 1.65. The lowest BCUT2D eigenvalue weighted by atomic mass is 10.1. The van der Waals surface area contributed by atoms with Gasteiger partial charge in [0.25, 0.3) is 0 Å². The van der Waals surface area contributed by atoms with E-state index in [1.807, 2.05) is 6.92 Å². The van der Waals surface area contributed by atoms with Crippen molar-refractivity contribution >= 4 is 54.7 Å². The highest BCUT2D eigenvalue weighted by Gasteiger charge is 2.12. The van der Waals surface area contributed by atoms with E-state index < -0.39 is 0 Å². The van der Waals surface area contributed by atoms with E-state index in [0.717, 1.165) is 21.2 Å². The van der Waals surface area contributed by atoms with Gasteiger partial charge in [-0.05, 0) is 55.7 Å². The van der Waals surface area contributed by atoms with Crippen molar-refractivity contribution in [3.63, 3.8) is 0 Å². The van der Waals surface area contributed by atoms with Gasteiger partial charge in [0.2, 0.25) is 0 Å². The van der Waals surface area contributed by atoms with Gasteiger partial charge in [0.1, 0.15) is 0 Å². The van der Waals surface area contributed by atoms with Gasteiger partial charge in [-0.2, -0.15) is 0 Å². The highest BCUT2D eigenvalue weighted by atomic mass is 35.5. The van der Waals surface area contributed by atoms with Gasteiger partial charge in [-0.25, -0.2) is 0 Å². The third-order valence-corrected chi connectivity index (χ3v) is 5.66. The van der Waals surface area contributed by atoms with Crippen LogP contribution in [0.5, 0.6) is 0 Å². The monoisotopic (exact) mass is 294 g/mol. The molecule has 0 aliphatic heterocycles. The Kier molecular flexibility index (Phi) is 2.81. The molecule has 0 aliphatic rings. The Morgan fingerprint density at radius 3 is 2.28 bits per heavy atom. The molecule has 0 nitrogen and oxygen atoms in total. The van der Waals surface area contributed by atoms with Crippen molar-refractivity contribution < 1.29 is 0 Å². The Balaban J connectivity index is 2.56. The van der Waals surface area contributed by atoms with Gasteiger partial charge in [0, 0.05) is 30.2 Å². The molecule has 92 valence electrons.